The molecule has 0 radical (unpaired) electrons. The lowest BCUT2D eigenvalue weighted by atomic mass is 10.1. The molecule has 0 saturated carbocycles. The van der Waals surface area contributed by atoms with Gasteiger partial charge in [0.15, 0.2) is 11.5 Å². The van der Waals surface area contributed by atoms with Crippen molar-refractivity contribution in [2.45, 2.75) is 19.6 Å². The normalized spacial score (nSPS) is 10.6. The van der Waals surface area contributed by atoms with E-state index < -0.39 is 0 Å². The van der Waals surface area contributed by atoms with Gasteiger partial charge in [0.1, 0.15) is 12.4 Å². The minimum Gasteiger partial charge on any atom is -0.493 e. The van der Waals surface area contributed by atoms with Gasteiger partial charge < -0.3 is 19.5 Å². The summed E-state index contributed by atoms with van der Waals surface area (Å²) in [6.45, 7) is 2.00. The first-order valence-corrected chi connectivity index (χ1v) is 10.4. The molecule has 0 unspecified atom stereocenters. The highest BCUT2D eigenvalue weighted by Crippen LogP contribution is 2.36. The Balaban J connectivity index is 1.57. The molecular weight excluding hydrogens is 451 g/mol. The Morgan fingerprint density at radius 1 is 1.03 bits per heavy atom. The highest BCUT2D eigenvalue weighted by atomic mass is 79.9. The molecular formula is C23H24BrFN2O3. The summed E-state index contributed by atoms with van der Waals surface area (Å²) in [7, 11) is 1.59. The fourth-order valence-corrected chi connectivity index (χ4v) is 3.30. The largest absolute Gasteiger partial charge is 0.493 e. The van der Waals surface area contributed by atoms with Gasteiger partial charge in [-0.3, -0.25) is 0 Å². The van der Waals surface area contributed by atoms with Crippen LogP contribution in [-0.4, -0.2) is 25.2 Å². The number of nitrogens with one attached hydrogen (secondary N) is 1. The molecule has 0 bridgehead atoms. The summed E-state index contributed by atoms with van der Waals surface area (Å²) in [6, 6.07) is 15.9. The molecule has 158 valence electrons. The third-order valence-electron chi connectivity index (χ3n) is 4.40. The second-order valence-electron chi connectivity index (χ2n) is 6.48. The quantitative estimate of drug-likeness (QED) is 0.390. The van der Waals surface area contributed by atoms with E-state index in [1.807, 2.05) is 30.3 Å². The van der Waals surface area contributed by atoms with Crippen LogP contribution in [0.4, 0.5) is 4.39 Å². The number of hydrogen-bond acceptors (Lipinski definition) is 5. The van der Waals surface area contributed by atoms with Crippen LogP contribution < -0.4 is 19.5 Å². The van der Waals surface area contributed by atoms with Crippen LogP contribution in [0.1, 0.15) is 17.5 Å². The van der Waals surface area contributed by atoms with Crippen molar-refractivity contribution in [1.82, 2.24) is 10.3 Å². The lowest BCUT2D eigenvalue weighted by Crippen LogP contribution is -2.18. The molecule has 30 heavy (non-hydrogen) atoms. The van der Waals surface area contributed by atoms with Crippen LogP contribution in [-0.2, 0) is 13.2 Å². The smallest absolute Gasteiger partial charge is 0.213 e. The fraction of sp³-hybridized carbons (Fsp3) is 0.261. The first kappa shape index (κ1) is 22.1. The van der Waals surface area contributed by atoms with Crippen molar-refractivity contribution in [1.29, 1.82) is 0 Å². The maximum atomic E-state index is 13.9. The minimum absolute atomic E-state index is 0.115. The van der Waals surface area contributed by atoms with E-state index in [1.165, 1.54) is 6.07 Å². The van der Waals surface area contributed by atoms with Crippen LogP contribution in [0.2, 0.25) is 0 Å². The fourth-order valence-electron chi connectivity index (χ4n) is 2.85. The van der Waals surface area contributed by atoms with Gasteiger partial charge in [-0.2, -0.15) is 0 Å². The van der Waals surface area contributed by atoms with Crippen molar-refractivity contribution < 1.29 is 18.6 Å². The van der Waals surface area contributed by atoms with Crippen LogP contribution in [0.3, 0.4) is 0 Å². The van der Waals surface area contributed by atoms with Crippen molar-refractivity contribution in [3.63, 3.8) is 0 Å². The lowest BCUT2D eigenvalue weighted by molar-refractivity contribution is 0.275. The van der Waals surface area contributed by atoms with Gasteiger partial charge in [0.25, 0.3) is 0 Å². The Morgan fingerprint density at radius 2 is 1.87 bits per heavy atom. The van der Waals surface area contributed by atoms with Gasteiger partial charge in [0.05, 0.1) is 13.7 Å². The standard InChI is InChI=1S/C23H24BrFN2O3/c1-28-21-11-10-19(24)18(23(21)30-16-17-7-2-3-8-20(17)25)15-26-12-6-14-29-22-9-4-5-13-27-22/h2-5,7-11,13,26H,6,12,14-16H2,1H3. The highest BCUT2D eigenvalue weighted by Gasteiger charge is 2.15. The van der Waals surface area contributed by atoms with Gasteiger partial charge in [0.2, 0.25) is 5.88 Å². The second kappa shape index (κ2) is 11.5. The molecule has 0 spiro atoms. The first-order chi connectivity index (χ1) is 14.7. The molecule has 3 aromatic rings. The maximum absolute atomic E-state index is 13.9. The van der Waals surface area contributed by atoms with E-state index in [4.69, 9.17) is 14.2 Å². The summed E-state index contributed by atoms with van der Waals surface area (Å²) >= 11 is 3.58. The Bertz CT molecular complexity index is 941. The van der Waals surface area contributed by atoms with Gasteiger partial charge in [-0.15, -0.1) is 0 Å². The average molecular weight is 475 g/mol. The number of ether oxygens (including phenoxy) is 3. The zero-order valence-corrected chi connectivity index (χ0v) is 18.3. The summed E-state index contributed by atoms with van der Waals surface area (Å²) < 4.78 is 31.9. The number of aromatic nitrogens is 1. The molecule has 0 aliphatic heterocycles. The number of methoxy groups -OCH3 is 1. The third kappa shape index (κ3) is 6.18. The van der Waals surface area contributed by atoms with E-state index in [2.05, 4.69) is 26.2 Å². The Hall–Kier alpha value is -2.64. The van der Waals surface area contributed by atoms with Crippen LogP contribution in [0.25, 0.3) is 0 Å². The molecule has 1 N–H and O–H groups in total. The third-order valence-corrected chi connectivity index (χ3v) is 5.15. The van der Waals surface area contributed by atoms with E-state index in [-0.39, 0.29) is 12.4 Å². The Labute approximate surface area is 184 Å². The van der Waals surface area contributed by atoms with Crippen LogP contribution >= 0.6 is 15.9 Å². The van der Waals surface area contributed by atoms with Crippen molar-refractivity contribution in [3.8, 4) is 17.4 Å². The number of hydrogen-bond donors (Lipinski definition) is 1. The molecule has 0 aliphatic rings. The number of nitrogens with zero attached hydrogens (tertiary/aromatic N) is 1. The molecule has 3 rings (SSSR count). The summed E-state index contributed by atoms with van der Waals surface area (Å²) in [6.07, 6.45) is 2.53. The number of pyridine rings is 1. The van der Waals surface area contributed by atoms with Gasteiger partial charge in [-0.25, -0.2) is 9.37 Å². The lowest BCUT2D eigenvalue weighted by Gasteiger charge is -2.17. The molecule has 7 heteroatoms. The molecule has 2 aromatic carbocycles. The highest BCUT2D eigenvalue weighted by molar-refractivity contribution is 9.10. The molecule has 0 amide bonds. The van der Waals surface area contributed by atoms with Crippen molar-refractivity contribution in [2.75, 3.05) is 20.3 Å². The van der Waals surface area contributed by atoms with E-state index >= 15 is 0 Å². The summed E-state index contributed by atoms with van der Waals surface area (Å²) in [4.78, 5) is 4.13. The molecule has 0 saturated heterocycles. The van der Waals surface area contributed by atoms with E-state index in [1.54, 1.807) is 31.5 Å². The van der Waals surface area contributed by atoms with E-state index in [0.29, 0.717) is 36.1 Å². The van der Waals surface area contributed by atoms with E-state index in [9.17, 15) is 4.39 Å². The first-order valence-electron chi connectivity index (χ1n) is 9.65. The molecule has 1 heterocycles. The van der Waals surface area contributed by atoms with Crippen molar-refractivity contribution >= 4 is 15.9 Å². The topological polar surface area (TPSA) is 52.6 Å². The van der Waals surface area contributed by atoms with Gasteiger partial charge in [0, 0.05) is 34.4 Å². The molecule has 0 aliphatic carbocycles. The van der Waals surface area contributed by atoms with Crippen LogP contribution in [0, 0.1) is 5.82 Å². The monoisotopic (exact) mass is 474 g/mol. The number of benzene rings is 2. The SMILES string of the molecule is COc1ccc(Br)c(CNCCCOc2ccccn2)c1OCc1ccccc1F. The summed E-state index contributed by atoms with van der Waals surface area (Å²) in [5, 5.41) is 3.39. The minimum atomic E-state index is -0.293. The summed E-state index contributed by atoms with van der Waals surface area (Å²) in [5.41, 5.74) is 1.40. The number of halogens is 2. The van der Waals surface area contributed by atoms with Gasteiger partial charge >= 0.3 is 0 Å². The predicted octanol–water partition coefficient (Wildman–Crippen LogP) is 5.13. The molecule has 0 fully saturated rings. The van der Waals surface area contributed by atoms with Crippen LogP contribution in [0.5, 0.6) is 17.4 Å². The second-order valence-corrected chi connectivity index (χ2v) is 7.34. The van der Waals surface area contributed by atoms with Crippen molar-refractivity contribution in [3.05, 3.63) is 82.2 Å². The average Bonchev–Trinajstić information content (AvgIpc) is 2.77. The predicted molar refractivity (Wildman–Crippen MR) is 117 cm³/mol. The number of rotatable bonds is 11. The van der Waals surface area contributed by atoms with E-state index in [0.717, 1.165) is 23.0 Å². The molecule has 1 aromatic heterocycles. The van der Waals surface area contributed by atoms with Crippen LogP contribution in [0.15, 0.2) is 65.3 Å². The van der Waals surface area contributed by atoms with Gasteiger partial charge in [-0.1, -0.05) is 40.2 Å². The van der Waals surface area contributed by atoms with Crippen molar-refractivity contribution in [2.24, 2.45) is 0 Å². The molecule has 5 nitrogen and oxygen atoms in total. The Kier molecular flexibility index (Phi) is 8.47. The maximum Gasteiger partial charge on any atom is 0.213 e. The zero-order valence-electron chi connectivity index (χ0n) is 16.7. The zero-order chi connectivity index (χ0) is 21.2. The summed E-state index contributed by atoms with van der Waals surface area (Å²) in [5.74, 6) is 1.52. The van der Waals surface area contributed by atoms with Gasteiger partial charge in [-0.05, 0) is 37.2 Å². The molecule has 0 atom stereocenters. The Morgan fingerprint density at radius 3 is 2.63 bits per heavy atom.